The monoisotopic (exact) mass is 121 g/mol. The van der Waals surface area contributed by atoms with Crippen LogP contribution in [0.2, 0.25) is 0 Å². The smallest absolute Gasteiger partial charge is 0.177 e. The van der Waals surface area contributed by atoms with Crippen molar-refractivity contribution in [2.24, 2.45) is 0 Å². The lowest BCUT2D eigenvalue weighted by Crippen LogP contribution is -1.99. The van der Waals surface area contributed by atoms with Gasteiger partial charge in [-0.2, -0.15) is 5.26 Å². The third-order valence-electron chi connectivity index (χ3n) is 0.822. The summed E-state index contributed by atoms with van der Waals surface area (Å²) in [6.45, 7) is 1.49. The molecule has 0 amide bonds. The molecule has 1 aromatic heterocycles. The molecule has 1 N–H and O–H groups in total. The Morgan fingerprint density at radius 3 is 3.22 bits per heavy atom. The molecule has 0 saturated heterocycles. The van der Waals surface area contributed by atoms with Crippen molar-refractivity contribution in [1.29, 1.82) is 5.26 Å². The van der Waals surface area contributed by atoms with Crippen LogP contribution in [0.4, 0.5) is 0 Å². The second-order valence-electron chi connectivity index (χ2n) is 1.42. The first-order valence-electron chi connectivity index (χ1n) is 2.45. The maximum Gasteiger partial charge on any atom is 0.177 e. The summed E-state index contributed by atoms with van der Waals surface area (Å²) in [6.07, 6.45) is 3.29. The van der Waals surface area contributed by atoms with E-state index < -0.39 is 0 Å². The summed E-state index contributed by atoms with van der Waals surface area (Å²) in [4.78, 5) is 0. The molecule has 0 aliphatic carbocycles. The van der Waals surface area contributed by atoms with E-state index in [0.717, 1.165) is 0 Å². The Kier molecular flexibility index (Phi) is 1.76. The van der Waals surface area contributed by atoms with Gasteiger partial charge in [-0.1, -0.05) is 0 Å². The molecule has 0 aliphatic heterocycles. The molecule has 0 saturated carbocycles. The minimum atomic E-state index is 0.650. The molecular formula is C6H5N2O. The largest absolute Gasteiger partial charge is 0.467 e. The van der Waals surface area contributed by atoms with E-state index in [9.17, 15) is 0 Å². The quantitative estimate of drug-likeness (QED) is 0.466. The summed E-state index contributed by atoms with van der Waals surface area (Å²) in [7, 11) is 0. The van der Waals surface area contributed by atoms with E-state index in [1.807, 2.05) is 0 Å². The fourth-order valence-corrected chi connectivity index (χ4v) is 0.477. The van der Waals surface area contributed by atoms with Crippen molar-refractivity contribution in [2.75, 3.05) is 0 Å². The third kappa shape index (κ3) is 1.50. The normalized spacial score (nSPS) is 8.33. The van der Waals surface area contributed by atoms with Gasteiger partial charge in [0.25, 0.3) is 0 Å². The van der Waals surface area contributed by atoms with Gasteiger partial charge in [0.1, 0.15) is 12.3 Å². The first kappa shape index (κ1) is 5.70. The maximum absolute atomic E-state index is 8.03. The van der Waals surface area contributed by atoms with Crippen molar-refractivity contribution in [3.05, 3.63) is 30.7 Å². The van der Waals surface area contributed by atoms with Crippen LogP contribution >= 0.6 is 0 Å². The topological polar surface area (TPSA) is 49.0 Å². The first-order valence-corrected chi connectivity index (χ1v) is 2.45. The molecule has 1 aromatic rings. The van der Waals surface area contributed by atoms with E-state index in [1.54, 1.807) is 24.6 Å². The van der Waals surface area contributed by atoms with Gasteiger partial charge >= 0.3 is 0 Å². The number of nitrogens with one attached hydrogen (secondary N) is 1. The van der Waals surface area contributed by atoms with Crippen LogP contribution in [0, 0.1) is 18.0 Å². The zero-order valence-electron chi connectivity index (χ0n) is 4.66. The molecule has 9 heavy (non-hydrogen) atoms. The van der Waals surface area contributed by atoms with Crippen LogP contribution in [-0.2, 0) is 0 Å². The van der Waals surface area contributed by atoms with Gasteiger partial charge < -0.3 is 9.73 Å². The molecule has 0 fully saturated rings. The van der Waals surface area contributed by atoms with Gasteiger partial charge in [-0.3, -0.25) is 0 Å². The van der Waals surface area contributed by atoms with E-state index in [1.165, 1.54) is 6.54 Å². The lowest BCUT2D eigenvalue weighted by atomic mass is 10.4. The van der Waals surface area contributed by atoms with Crippen molar-refractivity contribution in [3.8, 4) is 6.19 Å². The van der Waals surface area contributed by atoms with Crippen LogP contribution in [0.3, 0.4) is 0 Å². The highest BCUT2D eigenvalue weighted by atomic mass is 16.3. The Labute approximate surface area is 52.9 Å². The second kappa shape index (κ2) is 2.78. The van der Waals surface area contributed by atoms with E-state index in [0.29, 0.717) is 5.76 Å². The van der Waals surface area contributed by atoms with E-state index in [4.69, 9.17) is 9.68 Å². The molecule has 0 aliphatic rings. The Balaban J connectivity index is 2.41. The van der Waals surface area contributed by atoms with Gasteiger partial charge in [-0.05, 0) is 12.1 Å². The fraction of sp³-hybridized carbons (Fsp3) is 0. The zero-order valence-corrected chi connectivity index (χ0v) is 4.66. The summed E-state index contributed by atoms with van der Waals surface area (Å²) >= 11 is 0. The lowest BCUT2D eigenvalue weighted by Gasteiger charge is -1.87. The minimum absolute atomic E-state index is 0.650. The van der Waals surface area contributed by atoms with Crippen molar-refractivity contribution >= 4 is 0 Å². The fourth-order valence-electron chi connectivity index (χ4n) is 0.477. The Bertz CT molecular complexity index is 197. The molecule has 0 bridgehead atoms. The van der Waals surface area contributed by atoms with E-state index in [2.05, 4.69) is 5.32 Å². The van der Waals surface area contributed by atoms with Gasteiger partial charge in [0.05, 0.1) is 6.26 Å². The molecule has 1 heterocycles. The van der Waals surface area contributed by atoms with Gasteiger partial charge in [0.2, 0.25) is 0 Å². The summed E-state index contributed by atoms with van der Waals surface area (Å²) in [5.41, 5.74) is 0. The molecule has 0 aromatic carbocycles. The van der Waals surface area contributed by atoms with Crippen LogP contribution in [-0.4, -0.2) is 0 Å². The zero-order chi connectivity index (χ0) is 6.53. The van der Waals surface area contributed by atoms with Gasteiger partial charge in [0, 0.05) is 0 Å². The molecular weight excluding hydrogens is 116 g/mol. The number of hydrogen-bond acceptors (Lipinski definition) is 3. The van der Waals surface area contributed by atoms with Crippen LogP contribution < -0.4 is 5.32 Å². The maximum atomic E-state index is 8.03. The molecule has 1 radical (unpaired) electrons. The molecule has 0 atom stereocenters. The van der Waals surface area contributed by atoms with E-state index >= 15 is 0 Å². The summed E-state index contributed by atoms with van der Waals surface area (Å²) in [5, 5.41) is 10.4. The Morgan fingerprint density at radius 1 is 1.78 bits per heavy atom. The van der Waals surface area contributed by atoms with Crippen LogP contribution in [0.15, 0.2) is 22.8 Å². The standard InChI is InChI=1S/C6H5N2O/c7-5-8-4-6-2-1-3-9-6/h1-4,8H. The first-order chi connectivity index (χ1) is 4.43. The average molecular weight is 121 g/mol. The predicted molar refractivity (Wildman–Crippen MR) is 30.9 cm³/mol. The average Bonchev–Trinajstić information content (AvgIpc) is 2.34. The molecule has 3 nitrogen and oxygen atoms in total. The third-order valence-corrected chi connectivity index (χ3v) is 0.822. The summed E-state index contributed by atoms with van der Waals surface area (Å²) in [5.74, 6) is 0.650. The van der Waals surface area contributed by atoms with Crippen LogP contribution in [0.5, 0.6) is 0 Å². The summed E-state index contributed by atoms with van der Waals surface area (Å²) < 4.78 is 4.87. The molecule has 1 rings (SSSR count). The number of nitrogens with zero attached hydrogens (tertiary/aromatic N) is 1. The van der Waals surface area contributed by atoms with Crippen molar-refractivity contribution < 1.29 is 4.42 Å². The van der Waals surface area contributed by atoms with Gasteiger partial charge in [-0.15, -0.1) is 0 Å². The highest BCUT2D eigenvalue weighted by Crippen LogP contribution is 1.99. The molecule has 0 unspecified atom stereocenters. The Morgan fingerprint density at radius 2 is 2.67 bits per heavy atom. The molecule has 3 heteroatoms. The Hall–Kier alpha value is -1.43. The highest BCUT2D eigenvalue weighted by molar-refractivity contribution is 5.08. The summed E-state index contributed by atoms with van der Waals surface area (Å²) in [6, 6.07) is 3.51. The molecule has 45 valence electrons. The molecule has 0 spiro atoms. The number of furan rings is 1. The SMILES string of the molecule is N#CN[CH]c1ccco1. The predicted octanol–water partition coefficient (Wildman–Crippen LogP) is 0.860. The van der Waals surface area contributed by atoms with Gasteiger partial charge in [-0.25, -0.2) is 0 Å². The number of hydrogen-bond donors (Lipinski definition) is 1. The van der Waals surface area contributed by atoms with Crippen LogP contribution in [0.25, 0.3) is 0 Å². The van der Waals surface area contributed by atoms with Crippen molar-refractivity contribution in [3.63, 3.8) is 0 Å². The van der Waals surface area contributed by atoms with E-state index in [-0.39, 0.29) is 0 Å². The number of nitriles is 1. The minimum Gasteiger partial charge on any atom is -0.467 e. The van der Waals surface area contributed by atoms with Crippen molar-refractivity contribution in [2.45, 2.75) is 0 Å². The number of rotatable bonds is 2. The van der Waals surface area contributed by atoms with Gasteiger partial charge in [0.15, 0.2) is 6.19 Å². The second-order valence-corrected chi connectivity index (χ2v) is 1.42. The lowest BCUT2D eigenvalue weighted by molar-refractivity contribution is 0.534. The van der Waals surface area contributed by atoms with Crippen LogP contribution in [0.1, 0.15) is 5.76 Å². The van der Waals surface area contributed by atoms with Crippen molar-refractivity contribution in [1.82, 2.24) is 5.32 Å². The highest BCUT2D eigenvalue weighted by Gasteiger charge is 1.91.